The average Bonchev–Trinajstić information content (AvgIpc) is 3.06. The summed E-state index contributed by atoms with van der Waals surface area (Å²) in [5.41, 5.74) is 2.22. The minimum atomic E-state index is -0.502. The predicted octanol–water partition coefficient (Wildman–Crippen LogP) is 2.16. The van der Waals surface area contributed by atoms with Crippen LogP contribution in [0.1, 0.15) is 25.3 Å². The summed E-state index contributed by atoms with van der Waals surface area (Å²) in [6, 6.07) is 5.72. The molecule has 2 aliphatic rings. The number of hydrogen-bond acceptors (Lipinski definition) is 4. The number of carbonyl (C=O) groups excluding carboxylic acids is 2. The molecule has 0 bridgehead atoms. The van der Waals surface area contributed by atoms with Gasteiger partial charge < -0.3 is 20.7 Å². The molecule has 0 aromatic heterocycles. The van der Waals surface area contributed by atoms with Crippen LogP contribution >= 0.6 is 12.4 Å². The van der Waals surface area contributed by atoms with E-state index in [4.69, 9.17) is 4.74 Å². The van der Waals surface area contributed by atoms with E-state index >= 15 is 0 Å². The first-order valence-electron chi connectivity index (χ1n) is 9.29. The Morgan fingerprint density at radius 1 is 1.30 bits per heavy atom. The number of halogens is 1. The fourth-order valence-corrected chi connectivity index (χ4v) is 3.80. The summed E-state index contributed by atoms with van der Waals surface area (Å²) in [6.45, 7) is 5.20. The normalized spacial score (nSPS) is 17.6. The summed E-state index contributed by atoms with van der Waals surface area (Å²) in [7, 11) is 1.64. The number of ether oxygens (including phenoxy) is 1. The van der Waals surface area contributed by atoms with Gasteiger partial charge in [-0.25, -0.2) is 4.79 Å². The van der Waals surface area contributed by atoms with Gasteiger partial charge in [0.1, 0.15) is 0 Å². The van der Waals surface area contributed by atoms with Crippen LogP contribution in [0, 0.1) is 5.41 Å². The van der Waals surface area contributed by atoms with Crippen LogP contribution in [0.3, 0.4) is 0 Å². The van der Waals surface area contributed by atoms with Crippen LogP contribution in [0.15, 0.2) is 18.2 Å². The van der Waals surface area contributed by atoms with Crippen molar-refractivity contribution in [3.05, 3.63) is 23.8 Å². The molecule has 0 aliphatic carbocycles. The molecule has 7 nitrogen and oxygen atoms in total. The fourth-order valence-electron chi connectivity index (χ4n) is 3.80. The summed E-state index contributed by atoms with van der Waals surface area (Å²) >= 11 is 0. The van der Waals surface area contributed by atoms with Gasteiger partial charge in [0.25, 0.3) is 0 Å². The van der Waals surface area contributed by atoms with Crippen molar-refractivity contribution in [3.63, 3.8) is 0 Å². The molecular weight excluding hydrogens is 368 g/mol. The first-order valence-corrected chi connectivity index (χ1v) is 9.29. The van der Waals surface area contributed by atoms with Gasteiger partial charge in [0, 0.05) is 25.9 Å². The standard InChI is InChI=1S/C19H28N4O3.ClH/c1-3-21-18(25)23-11-6-14-4-5-15(12-16(14)23)22-17(24)19(13-26-2)7-9-20-10-8-19;/h4-5,12,20H,3,6-11,13H2,1-2H3,(H,21,25)(H,22,24);1H. The van der Waals surface area contributed by atoms with Gasteiger partial charge in [0.15, 0.2) is 0 Å². The number of anilines is 2. The maximum absolute atomic E-state index is 13.0. The van der Waals surface area contributed by atoms with Crippen molar-refractivity contribution in [1.82, 2.24) is 10.6 Å². The largest absolute Gasteiger partial charge is 0.384 e. The monoisotopic (exact) mass is 396 g/mol. The average molecular weight is 397 g/mol. The molecule has 3 rings (SSSR count). The minimum absolute atomic E-state index is 0. The summed E-state index contributed by atoms with van der Waals surface area (Å²) in [6.07, 6.45) is 2.34. The van der Waals surface area contributed by atoms with Crippen LogP contribution in [-0.2, 0) is 16.0 Å². The molecule has 8 heteroatoms. The number of amides is 3. The van der Waals surface area contributed by atoms with Crippen molar-refractivity contribution >= 4 is 35.7 Å². The topological polar surface area (TPSA) is 82.7 Å². The summed E-state index contributed by atoms with van der Waals surface area (Å²) in [5.74, 6) is -0.0108. The Kier molecular flexibility index (Phi) is 7.47. The van der Waals surface area contributed by atoms with E-state index in [1.54, 1.807) is 12.0 Å². The van der Waals surface area contributed by atoms with Gasteiger partial charge in [-0.2, -0.15) is 0 Å². The van der Waals surface area contributed by atoms with Crippen LogP contribution in [0.4, 0.5) is 16.2 Å². The van der Waals surface area contributed by atoms with E-state index in [1.165, 1.54) is 0 Å². The number of nitrogens with zero attached hydrogens (tertiary/aromatic N) is 1. The van der Waals surface area contributed by atoms with Gasteiger partial charge in [0.2, 0.25) is 5.91 Å². The highest BCUT2D eigenvalue weighted by Crippen LogP contribution is 2.34. The molecule has 0 spiro atoms. The van der Waals surface area contributed by atoms with Crippen molar-refractivity contribution in [1.29, 1.82) is 0 Å². The van der Waals surface area contributed by atoms with Gasteiger partial charge in [-0.15, -0.1) is 12.4 Å². The lowest BCUT2D eigenvalue weighted by Gasteiger charge is -2.35. The van der Waals surface area contributed by atoms with Gasteiger partial charge in [-0.05, 0) is 57.0 Å². The highest BCUT2D eigenvalue weighted by atomic mass is 35.5. The third-order valence-corrected chi connectivity index (χ3v) is 5.27. The number of urea groups is 1. The lowest BCUT2D eigenvalue weighted by atomic mass is 9.78. The van der Waals surface area contributed by atoms with E-state index in [1.807, 2.05) is 25.1 Å². The Morgan fingerprint density at radius 2 is 2.04 bits per heavy atom. The molecule has 3 amide bonds. The second-order valence-corrected chi connectivity index (χ2v) is 7.00. The second-order valence-electron chi connectivity index (χ2n) is 7.00. The van der Waals surface area contributed by atoms with Crippen LogP contribution in [-0.4, -0.2) is 51.8 Å². The van der Waals surface area contributed by atoms with Crippen molar-refractivity contribution < 1.29 is 14.3 Å². The molecule has 150 valence electrons. The maximum Gasteiger partial charge on any atom is 0.321 e. The zero-order valence-electron chi connectivity index (χ0n) is 16.0. The zero-order valence-corrected chi connectivity index (χ0v) is 16.8. The van der Waals surface area contributed by atoms with Crippen LogP contribution < -0.4 is 20.9 Å². The summed E-state index contributed by atoms with van der Waals surface area (Å²) < 4.78 is 5.34. The molecular formula is C19H29ClN4O3. The van der Waals surface area contributed by atoms with Crippen molar-refractivity contribution in [2.24, 2.45) is 5.41 Å². The Morgan fingerprint density at radius 3 is 2.70 bits per heavy atom. The number of nitrogens with one attached hydrogen (secondary N) is 3. The lowest BCUT2D eigenvalue weighted by molar-refractivity contribution is -0.130. The number of benzene rings is 1. The van der Waals surface area contributed by atoms with Gasteiger partial charge in [-0.3, -0.25) is 9.69 Å². The maximum atomic E-state index is 13.0. The Hall–Kier alpha value is -1.83. The summed E-state index contributed by atoms with van der Waals surface area (Å²) in [5, 5.41) is 9.19. The molecule has 0 atom stereocenters. The van der Waals surface area contributed by atoms with Crippen LogP contribution in [0.25, 0.3) is 0 Å². The molecule has 0 radical (unpaired) electrons. The van der Waals surface area contributed by atoms with E-state index in [0.717, 1.165) is 49.3 Å². The van der Waals surface area contributed by atoms with E-state index in [0.29, 0.717) is 19.7 Å². The molecule has 1 fully saturated rings. The van der Waals surface area contributed by atoms with Crippen molar-refractivity contribution in [2.75, 3.05) is 50.1 Å². The number of carbonyl (C=O) groups is 2. The number of hydrogen-bond donors (Lipinski definition) is 3. The van der Waals surface area contributed by atoms with Crippen molar-refractivity contribution in [3.8, 4) is 0 Å². The lowest BCUT2D eigenvalue weighted by Crippen LogP contribution is -2.47. The molecule has 0 saturated carbocycles. The van der Waals surface area contributed by atoms with E-state index in [9.17, 15) is 9.59 Å². The number of fused-ring (bicyclic) bond motifs is 1. The highest BCUT2D eigenvalue weighted by molar-refractivity contribution is 5.98. The zero-order chi connectivity index (χ0) is 18.6. The van der Waals surface area contributed by atoms with Gasteiger partial charge in [0.05, 0.1) is 17.7 Å². The quantitative estimate of drug-likeness (QED) is 0.712. The number of piperidine rings is 1. The third kappa shape index (κ3) is 4.54. The van der Waals surface area contributed by atoms with E-state index < -0.39 is 5.41 Å². The number of rotatable bonds is 5. The van der Waals surface area contributed by atoms with E-state index in [2.05, 4.69) is 16.0 Å². The molecule has 1 aromatic carbocycles. The van der Waals surface area contributed by atoms with Gasteiger partial charge >= 0.3 is 6.03 Å². The minimum Gasteiger partial charge on any atom is -0.384 e. The number of methoxy groups -OCH3 is 1. The molecule has 1 saturated heterocycles. The molecule has 2 aliphatic heterocycles. The Labute approximate surface area is 166 Å². The molecule has 27 heavy (non-hydrogen) atoms. The Bertz CT molecular complexity index is 671. The SMILES string of the molecule is CCNC(=O)N1CCc2ccc(NC(=O)C3(COC)CCNCC3)cc21.Cl. The molecule has 1 aromatic rings. The first kappa shape index (κ1) is 21.5. The first-order chi connectivity index (χ1) is 12.6. The Balaban J connectivity index is 0.00000261. The van der Waals surface area contributed by atoms with Crippen molar-refractivity contribution in [2.45, 2.75) is 26.2 Å². The van der Waals surface area contributed by atoms with Crippen LogP contribution in [0.5, 0.6) is 0 Å². The molecule has 3 N–H and O–H groups in total. The molecule has 0 unspecified atom stereocenters. The molecule has 2 heterocycles. The van der Waals surface area contributed by atoms with E-state index in [-0.39, 0.29) is 24.3 Å². The predicted molar refractivity (Wildman–Crippen MR) is 109 cm³/mol. The van der Waals surface area contributed by atoms with Crippen LogP contribution in [0.2, 0.25) is 0 Å². The summed E-state index contributed by atoms with van der Waals surface area (Å²) in [4.78, 5) is 27.0. The smallest absolute Gasteiger partial charge is 0.321 e. The highest BCUT2D eigenvalue weighted by Gasteiger charge is 2.39. The van der Waals surface area contributed by atoms with Gasteiger partial charge in [-0.1, -0.05) is 6.07 Å². The third-order valence-electron chi connectivity index (χ3n) is 5.27. The fraction of sp³-hybridized carbons (Fsp3) is 0.579. The second kappa shape index (κ2) is 9.39.